The molecule has 0 spiro atoms. The van der Waals surface area contributed by atoms with Gasteiger partial charge in [0, 0.05) is 25.9 Å². The number of halogens is 1. The highest BCUT2D eigenvalue weighted by Gasteiger charge is 2.26. The molecule has 1 aliphatic heterocycles. The van der Waals surface area contributed by atoms with Crippen molar-refractivity contribution >= 4 is 17.1 Å². The van der Waals surface area contributed by atoms with Crippen molar-refractivity contribution in [3.05, 3.63) is 59.9 Å². The van der Waals surface area contributed by atoms with E-state index in [0.717, 1.165) is 29.4 Å². The van der Waals surface area contributed by atoms with Crippen molar-refractivity contribution < 1.29 is 18.7 Å². The Kier molecular flexibility index (Phi) is 5.64. The molecule has 2 aromatic carbocycles. The maximum Gasteiger partial charge on any atom is 0.409 e. The number of carbonyl (C=O) groups excluding carboxylic acids is 1. The molecule has 0 unspecified atom stereocenters. The summed E-state index contributed by atoms with van der Waals surface area (Å²) in [4.78, 5) is 18.3. The van der Waals surface area contributed by atoms with Gasteiger partial charge < -0.3 is 14.4 Å². The summed E-state index contributed by atoms with van der Waals surface area (Å²) in [5, 5.41) is 0. The molecule has 2 heterocycles. The van der Waals surface area contributed by atoms with Crippen LogP contribution in [0.3, 0.4) is 0 Å². The minimum Gasteiger partial charge on any atom is -0.461 e. The van der Waals surface area contributed by atoms with Crippen molar-refractivity contribution in [3.63, 3.8) is 0 Å². The van der Waals surface area contributed by atoms with E-state index >= 15 is 0 Å². The van der Waals surface area contributed by atoms with Gasteiger partial charge in [-0.15, -0.1) is 0 Å². The maximum absolute atomic E-state index is 13.3. The van der Waals surface area contributed by atoms with Crippen LogP contribution in [-0.4, -0.2) is 46.3 Å². The number of ether oxygens (including phenoxy) is 2. The zero-order chi connectivity index (χ0) is 20.2. The highest BCUT2D eigenvalue weighted by Crippen LogP contribution is 2.26. The predicted octanol–water partition coefficient (Wildman–Crippen LogP) is 4.22. The lowest BCUT2D eigenvalue weighted by molar-refractivity contribution is 0.0659. The van der Waals surface area contributed by atoms with Gasteiger partial charge in [-0.1, -0.05) is 24.3 Å². The minimum absolute atomic E-state index is 0.0237. The van der Waals surface area contributed by atoms with Gasteiger partial charge in [0.05, 0.1) is 24.2 Å². The van der Waals surface area contributed by atoms with Crippen molar-refractivity contribution in [1.29, 1.82) is 0 Å². The SMILES string of the molecule is CCOC(=O)N1CCC(Oc2nc3ccccc3n2Cc2ccc(F)cc2)CC1. The molecule has 0 N–H and O–H groups in total. The second kappa shape index (κ2) is 8.51. The Morgan fingerprint density at radius 1 is 1.14 bits per heavy atom. The highest BCUT2D eigenvalue weighted by molar-refractivity contribution is 5.76. The molecule has 4 rings (SSSR count). The summed E-state index contributed by atoms with van der Waals surface area (Å²) in [6.45, 7) is 3.92. The third-order valence-corrected chi connectivity index (χ3v) is 5.11. The van der Waals surface area contributed by atoms with Gasteiger partial charge in [-0.3, -0.25) is 4.57 Å². The lowest BCUT2D eigenvalue weighted by atomic mass is 10.1. The zero-order valence-electron chi connectivity index (χ0n) is 16.4. The predicted molar refractivity (Wildman–Crippen MR) is 107 cm³/mol. The highest BCUT2D eigenvalue weighted by atomic mass is 19.1. The van der Waals surface area contributed by atoms with E-state index in [1.807, 2.05) is 28.8 Å². The Balaban J connectivity index is 1.51. The molecular weight excluding hydrogens is 373 g/mol. The van der Waals surface area contributed by atoms with Crippen LogP contribution in [-0.2, 0) is 11.3 Å². The number of hydrogen-bond donors (Lipinski definition) is 0. The quantitative estimate of drug-likeness (QED) is 0.647. The van der Waals surface area contributed by atoms with E-state index in [1.54, 1.807) is 24.0 Å². The molecule has 0 aliphatic carbocycles. The van der Waals surface area contributed by atoms with E-state index in [2.05, 4.69) is 4.98 Å². The van der Waals surface area contributed by atoms with Crippen LogP contribution in [0.1, 0.15) is 25.3 Å². The smallest absolute Gasteiger partial charge is 0.409 e. The van der Waals surface area contributed by atoms with Gasteiger partial charge in [-0.2, -0.15) is 4.98 Å². The van der Waals surface area contributed by atoms with E-state index in [1.165, 1.54) is 12.1 Å². The first-order chi connectivity index (χ1) is 14.1. The molecule has 6 nitrogen and oxygen atoms in total. The molecule has 3 aromatic rings. The molecule has 1 aliphatic rings. The summed E-state index contributed by atoms with van der Waals surface area (Å²) in [6.07, 6.45) is 1.15. The van der Waals surface area contributed by atoms with Crippen molar-refractivity contribution in [3.8, 4) is 6.01 Å². The molecule has 0 saturated carbocycles. The topological polar surface area (TPSA) is 56.6 Å². The van der Waals surface area contributed by atoms with E-state index in [-0.39, 0.29) is 18.0 Å². The fourth-order valence-electron chi connectivity index (χ4n) is 3.59. The van der Waals surface area contributed by atoms with Crippen LogP contribution >= 0.6 is 0 Å². The van der Waals surface area contributed by atoms with Crippen LogP contribution in [0.4, 0.5) is 9.18 Å². The number of aromatic nitrogens is 2. The number of imidazole rings is 1. The minimum atomic E-state index is -0.269. The first-order valence-electron chi connectivity index (χ1n) is 9.92. The van der Waals surface area contributed by atoms with Crippen LogP contribution in [0.15, 0.2) is 48.5 Å². The van der Waals surface area contributed by atoms with Gasteiger partial charge in [0.1, 0.15) is 11.9 Å². The van der Waals surface area contributed by atoms with Gasteiger partial charge in [-0.25, -0.2) is 9.18 Å². The Bertz CT molecular complexity index is 979. The Labute approximate surface area is 168 Å². The monoisotopic (exact) mass is 397 g/mol. The lowest BCUT2D eigenvalue weighted by Gasteiger charge is -2.31. The summed E-state index contributed by atoms with van der Waals surface area (Å²) < 4.78 is 26.6. The molecule has 152 valence electrons. The lowest BCUT2D eigenvalue weighted by Crippen LogP contribution is -2.42. The standard InChI is InChI=1S/C22H24FN3O3/c1-2-28-22(27)25-13-11-18(12-14-25)29-21-24-19-5-3-4-6-20(19)26(21)15-16-7-9-17(23)10-8-16/h3-10,18H,2,11-15H2,1H3. The third-order valence-electron chi connectivity index (χ3n) is 5.11. The second-order valence-corrected chi connectivity index (χ2v) is 7.10. The van der Waals surface area contributed by atoms with Crippen molar-refractivity contribution in [1.82, 2.24) is 14.5 Å². The average molecular weight is 397 g/mol. The van der Waals surface area contributed by atoms with Crippen LogP contribution in [0.5, 0.6) is 6.01 Å². The summed E-state index contributed by atoms with van der Waals surface area (Å²) in [6, 6.07) is 14.9. The third kappa shape index (κ3) is 4.34. The average Bonchev–Trinajstić information content (AvgIpc) is 3.07. The molecule has 0 radical (unpaired) electrons. The number of hydrogen-bond acceptors (Lipinski definition) is 4. The molecular formula is C22H24FN3O3. The number of benzene rings is 2. The maximum atomic E-state index is 13.3. The largest absolute Gasteiger partial charge is 0.461 e. The number of piperidine rings is 1. The number of likely N-dealkylation sites (tertiary alicyclic amines) is 1. The number of nitrogens with zero attached hydrogens (tertiary/aromatic N) is 3. The molecule has 29 heavy (non-hydrogen) atoms. The first kappa shape index (κ1) is 19.2. The van der Waals surface area contributed by atoms with Crippen LogP contribution in [0, 0.1) is 5.82 Å². The van der Waals surface area contributed by atoms with Crippen molar-refractivity contribution in [2.24, 2.45) is 0 Å². The van der Waals surface area contributed by atoms with Crippen molar-refractivity contribution in [2.45, 2.75) is 32.4 Å². The fraction of sp³-hybridized carbons (Fsp3) is 0.364. The zero-order valence-corrected chi connectivity index (χ0v) is 16.4. The summed E-state index contributed by atoms with van der Waals surface area (Å²) in [5.41, 5.74) is 2.79. The molecule has 1 fully saturated rings. The van der Waals surface area contributed by atoms with E-state index in [4.69, 9.17) is 9.47 Å². The van der Waals surface area contributed by atoms with Gasteiger partial charge in [0.25, 0.3) is 6.01 Å². The normalized spacial score (nSPS) is 14.9. The molecule has 0 atom stereocenters. The van der Waals surface area contributed by atoms with Gasteiger partial charge in [0.15, 0.2) is 0 Å². The van der Waals surface area contributed by atoms with Crippen LogP contribution < -0.4 is 4.74 Å². The summed E-state index contributed by atoms with van der Waals surface area (Å²) >= 11 is 0. The van der Waals surface area contributed by atoms with Crippen LogP contribution in [0.2, 0.25) is 0 Å². The summed E-state index contributed by atoms with van der Waals surface area (Å²) in [7, 11) is 0. The number of para-hydroxylation sites is 2. The number of amides is 1. The van der Waals surface area contributed by atoms with E-state index in [0.29, 0.717) is 32.3 Å². The van der Waals surface area contributed by atoms with Gasteiger partial charge in [-0.05, 0) is 36.8 Å². The Morgan fingerprint density at radius 2 is 1.86 bits per heavy atom. The number of carbonyl (C=O) groups is 1. The molecule has 0 bridgehead atoms. The van der Waals surface area contributed by atoms with Crippen LogP contribution in [0.25, 0.3) is 11.0 Å². The van der Waals surface area contributed by atoms with Gasteiger partial charge in [0.2, 0.25) is 0 Å². The summed E-state index contributed by atoms with van der Waals surface area (Å²) in [5.74, 6) is -0.255. The number of rotatable bonds is 5. The molecule has 1 aromatic heterocycles. The number of fused-ring (bicyclic) bond motifs is 1. The Hall–Kier alpha value is -3.09. The molecule has 1 saturated heterocycles. The van der Waals surface area contributed by atoms with E-state index < -0.39 is 0 Å². The van der Waals surface area contributed by atoms with Gasteiger partial charge >= 0.3 is 6.09 Å². The Morgan fingerprint density at radius 3 is 2.59 bits per heavy atom. The first-order valence-corrected chi connectivity index (χ1v) is 9.92. The fourth-order valence-corrected chi connectivity index (χ4v) is 3.59. The molecule has 7 heteroatoms. The van der Waals surface area contributed by atoms with Crippen molar-refractivity contribution in [2.75, 3.05) is 19.7 Å². The van der Waals surface area contributed by atoms with E-state index in [9.17, 15) is 9.18 Å². The molecule has 1 amide bonds. The second-order valence-electron chi connectivity index (χ2n) is 7.10.